The van der Waals surface area contributed by atoms with Gasteiger partial charge in [-0.2, -0.15) is 0 Å². The standard InChI is InChI=1S/C15H25N3O2/c1-5-8-16-13(9-11(2)3)10-14-15(18(19)20)7-6-12(4)17-14/h6-7,11,13,16H,5,8-10H2,1-4H3. The SMILES string of the molecule is CCCNC(Cc1nc(C)ccc1[N+](=O)[O-])CC(C)C. The third-order valence-electron chi connectivity index (χ3n) is 3.16. The second-order valence-corrected chi connectivity index (χ2v) is 5.66. The van der Waals surface area contributed by atoms with Crippen LogP contribution in [0.15, 0.2) is 12.1 Å². The number of nitrogens with one attached hydrogen (secondary N) is 1. The molecule has 0 spiro atoms. The summed E-state index contributed by atoms with van der Waals surface area (Å²) in [6.45, 7) is 9.24. The van der Waals surface area contributed by atoms with E-state index in [0.717, 1.165) is 25.1 Å². The highest BCUT2D eigenvalue weighted by Gasteiger charge is 2.20. The molecule has 0 aliphatic carbocycles. The summed E-state index contributed by atoms with van der Waals surface area (Å²) >= 11 is 0. The van der Waals surface area contributed by atoms with Gasteiger partial charge in [-0.3, -0.25) is 15.1 Å². The first-order valence-corrected chi connectivity index (χ1v) is 7.28. The molecular formula is C15H25N3O2. The van der Waals surface area contributed by atoms with Crippen molar-refractivity contribution in [2.45, 2.75) is 53.0 Å². The number of rotatable bonds is 8. The van der Waals surface area contributed by atoms with Crippen LogP contribution >= 0.6 is 0 Å². The fraction of sp³-hybridized carbons (Fsp3) is 0.667. The van der Waals surface area contributed by atoms with Crippen LogP contribution in [0.1, 0.15) is 45.0 Å². The average molecular weight is 279 g/mol. The van der Waals surface area contributed by atoms with Crippen LogP contribution < -0.4 is 5.32 Å². The lowest BCUT2D eigenvalue weighted by molar-refractivity contribution is -0.386. The van der Waals surface area contributed by atoms with Crippen LogP contribution in [0.2, 0.25) is 0 Å². The Morgan fingerprint density at radius 3 is 2.65 bits per heavy atom. The molecule has 0 aliphatic heterocycles. The van der Waals surface area contributed by atoms with Gasteiger partial charge in [0.25, 0.3) is 5.69 Å². The van der Waals surface area contributed by atoms with Crippen molar-refractivity contribution in [3.05, 3.63) is 33.6 Å². The first kappa shape index (κ1) is 16.6. The van der Waals surface area contributed by atoms with E-state index in [2.05, 4.69) is 31.1 Å². The Morgan fingerprint density at radius 2 is 2.10 bits per heavy atom. The van der Waals surface area contributed by atoms with Crippen molar-refractivity contribution in [2.75, 3.05) is 6.54 Å². The predicted molar refractivity (Wildman–Crippen MR) is 80.9 cm³/mol. The summed E-state index contributed by atoms with van der Waals surface area (Å²) in [6, 6.07) is 3.49. The number of aryl methyl sites for hydroxylation is 1. The van der Waals surface area contributed by atoms with Crippen LogP contribution in [0.3, 0.4) is 0 Å². The van der Waals surface area contributed by atoms with E-state index in [0.29, 0.717) is 18.0 Å². The summed E-state index contributed by atoms with van der Waals surface area (Å²) in [5, 5.41) is 14.6. The molecule has 1 aromatic heterocycles. The van der Waals surface area contributed by atoms with Gasteiger partial charge in [0.05, 0.1) is 4.92 Å². The van der Waals surface area contributed by atoms with Crippen LogP contribution in [-0.2, 0) is 6.42 Å². The van der Waals surface area contributed by atoms with E-state index in [9.17, 15) is 10.1 Å². The number of hydrogen-bond acceptors (Lipinski definition) is 4. The maximum absolute atomic E-state index is 11.1. The Bertz CT molecular complexity index is 447. The number of nitrogens with zero attached hydrogens (tertiary/aromatic N) is 2. The van der Waals surface area contributed by atoms with E-state index in [4.69, 9.17) is 0 Å². The Morgan fingerprint density at radius 1 is 1.40 bits per heavy atom. The largest absolute Gasteiger partial charge is 0.314 e. The summed E-state index contributed by atoms with van der Waals surface area (Å²) in [6.07, 6.45) is 2.65. The highest BCUT2D eigenvalue weighted by molar-refractivity contribution is 5.36. The Labute approximate surface area is 121 Å². The molecule has 1 atom stereocenters. The zero-order valence-electron chi connectivity index (χ0n) is 12.8. The van der Waals surface area contributed by atoms with Gasteiger partial charge in [-0.1, -0.05) is 20.8 Å². The van der Waals surface area contributed by atoms with Crippen LogP contribution in [0.5, 0.6) is 0 Å². The maximum Gasteiger partial charge on any atom is 0.290 e. The highest BCUT2D eigenvalue weighted by atomic mass is 16.6. The molecule has 0 amide bonds. The lowest BCUT2D eigenvalue weighted by Crippen LogP contribution is -2.33. The van der Waals surface area contributed by atoms with Gasteiger partial charge in [0.15, 0.2) is 0 Å². The third-order valence-corrected chi connectivity index (χ3v) is 3.16. The van der Waals surface area contributed by atoms with E-state index >= 15 is 0 Å². The molecule has 0 aliphatic rings. The molecule has 0 saturated carbocycles. The van der Waals surface area contributed by atoms with Crippen molar-refractivity contribution in [3.8, 4) is 0 Å². The van der Waals surface area contributed by atoms with Gasteiger partial charge in [0.2, 0.25) is 0 Å². The van der Waals surface area contributed by atoms with Crippen molar-refractivity contribution in [1.82, 2.24) is 10.3 Å². The zero-order chi connectivity index (χ0) is 15.1. The molecule has 1 aromatic rings. The Hall–Kier alpha value is -1.49. The molecule has 0 fully saturated rings. The van der Waals surface area contributed by atoms with Crippen LogP contribution in [0.25, 0.3) is 0 Å². The molecule has 0 aromatic carbocycles. The van der Waals surface area contributed by atoms with Gasteiger partial charge in [0, 0.05) is 24.2 Å². The zero-order valence-corrected chi connectivity index (χ0v) is 12.8. The minimum absolute atomic E-state index is 0.127. The average Bonchev–Trinajstić information content (AvgIpc) is 2.35. The smallest absolute Gasteiger partial charge is 0.290 e. The van der Waals surface area contributed by atoms with Gasteiger partial charge >= 0.3 is 0 Å². The lowest BCUT2D eigenvalue weighted by Gasteiger charge is -2.20. The molecule has 1 N–H and O–H groups in total. The van der Waals surface area contributed by atoms with Gasteiger partial charge in [-0.15, -0.1) is 0 Å². The minimum Gasteiger partial charge on any atom is -0.314 e. The molecular weight excluding hydrogens is 254 g/mol. The summed E-state index contributed by atoms with van der Waals surface area (Å²) in [7, 11) is 0. The Kier molecular flexibility index (Phi) is 6.58. The first-order chi connectivity index (χ1) is 9.43. The van der Waals surface area contributed by atoms with E-state index in [1.165, 1.54) is 0 Å². The van der Waals surface area contributed by atoms with E-state index < -0.39 is 0 Å². The second kappa shape index (κ2) is 7.94. The lowest BCUT2D eigenvalue weighted by atomic mass is 9.98. The van der Waals surface area contributed by atoms with Crippen LogP contribution in [0.4, 0.5) is 5.69 Å². The minimum atomic E-state index is -0.339. The summed E-state index contributed by atoms with van der Waals surface area (Å²) in [5.41, 5.74) is 1.54. The third kappa shape index (κ3) is 5.25. The molecule has 1 rings (SSSR count). The Balaban J connectivity index is 2.90. The topological polar surface area (TPSA) is 68.1 Å². The monoisotopic (exact) mass is 279 g/mol. The molecule has 5 nitrogen and oxygen atoms in total. The fourth-order valence-corrected chi connectivity index (χ4v) is 2.31. The number of aromatic nitrogens is 1. The van der Waals surface area contributed by atoms with Crippen LogP contribution in [0, 0.1) is 23.0 Å². The van der Waals surface area contributed by atoms with E-state index in [-0.39, 0.29) is 16.7 Å². The summed E-state index contributed by atoms with van der Waals surface area (Å²) in [5.74, 6) is 0.549. The molecule has 0 radical (unpaired) electrons. The van der Waals surface area contributed by atoms with Crippen molar-refractivity contribution in [2.24, 2.45) is 5.92 Å². The van der Waals surface area contributed by atoms with Gasteiger partial charge < -0.3 is 5.32 Å². The van der Waals surface area contributed by atoms with E-state index in [1.54, 1.807) is 12.1 Å². The van der Waals surface area contributed by atoms with Crippen molar-refractivity contribution < 1.29 is 4.92 Å². The molecule has 1 unspecified atom stereocenters. The molecule has 20 heavy (non-hydrogen) atoms. The molecule has 0 bridgehead atoms. The highest BCUT2D eigenvalue weighted by Crippen LogP contribution is 2.20. The number of nitro groups is 1. The molecule has 0 saturated heterocycles. The predicted octanol–water partition coefficient (Wildman–Crippen LogP) is 3.26. The van der Waals surface area contributed by atoms with Gasteiger partial charge in [-0.25, -0.2) is 0 Å². The van der Waals surface area contributed by atoms with Crippen LogP contribution in [-0.4, -0.2) is 22.5 Å². The summed E-state index contributed by atoms with van der Waals surface area (Å²) < 4.78 is 0. The quantitative estimate of drug-likeness (QED) is 0.586. The van der Waals surface area contributed by atoms with Crippen molar-refractivity contribution in [3.63, 3.8) is 0 Å². The van der Waals surface area contributed by atoms with Crippen molar-refractivity contribution >= 4 is 5.69 Å². The second-order valence-electron chi connectivity index (χ2n) is 5.66. The first-order valence-electron chi connectivity index (χ1n) is 7.28. The number of pyridine rings is 1. The summed E-state index contributed by atoms with van der Waals surface area (Å²) in [4.78, 5) is 15.1. The van der Waals surface area contributed by atoms with Crippen molar-refractivity contribution in [1.29, 1.82) is 0 Å². The molecule has 112 valence electrons. The van der Waals surface area contributed by atoms with Gasteiger partial charge in [0.1, 0.15) is 5.69 Å². The molecule has 5 heteroatoms. The molecule has 1 heterocycles. The van der Waals surface area contributed by atoms with Gasteiger partial charge in [-0.05, 0) is 38.3 Å². The fourth-order valence-electron chi connectivity index (χ4n) is 2.31. The number of hydrogen-bond donors (Lipinski definition) is 1. The normalized spacial score (nSPS) is 12.7. The maximum atomic E-state index is 11.1. The van der Waals surface area contributed by atoms with E-state index in [1.807, 2.05) is 6.92 Å².